The van der Waals surface area contributed by atoms with Crippen molar-refractivity contribution < 1.29 is 8.42 Å². The van der Waals surface area contributed by atoms with Gasteiger partial charge in [-0.15, -0.1) is 5.10 Å². The average molecular weight is 249 g/mol. The van der Waals surface area contributed by atoms with Gasteiger partial charge in [0.1, 0.15) is 0 Å². The second kappa shape index (κ2) is 4.21. The molecule has 0 unspecified atom stereocenters. The smallest absolute Gasteiger partial charge is 0.221 e. The summed E-state index contributed by atoms with van der Waals surface area (Å²) in [5.74, 6) is 0. The highest BCUT2D eigenvalue weighted by Gasteiger charge is 2.12. The standard InChI is InChI=1S/C11H11N3O2S/c1-8-3-5-9(6-4-8)10-7-12-14-11(13-10)17(2,15)16/h3-7H,1-2H3. The van der Waals surface area contributed by atoms with Crippen molar-refractivity contribution in [1.29, 1.82) is 0 Å². The SMILES string of the molecule is Cc1ccc(-c2cnnc(S(C)(=O)=O)n2)cc1. The van der Waals surface area contributed by atoms with Gasteiger partial charge in [0.2, 0.25) is 9.84 Å². The molecule has 1 aromatic heterocycles. The maximum atomic E-state index is 11.3. The molecule has 0 radical (unpaired) electrons. The van der Waals surface area contributed by atoms with E-state index in [2.05, 4.69) is 15.2 Å². The van der Waals surface area contributed by atoms with E-state index in [4.69, 9.17) is 0 Å². The van der Waals surface area contributed by atoms with Gasteiger partial charge in [-0.25, -0.2) is 13.4 Å². The van der Waals surface area contributed by atoms with Gasteiger partial charge in [0.05, 0.1) is 11.9 Å². The molecule has 6 heteroatoms. The Balaban J connectivity index is 2.50. The summed E-state index contributed by atoms with van der Waals surface area (Å²) in [5.41, 5.74) is 2.44. The molecule has 0 amide bonds. The molecule has 0 fully saturated rings. The second-order valence-corrected chi connectivity index (χ2v) is 5.67. The molecule has 0 bridgehead atoms. The van der Waals surface area contributed by atoms with Gasteiger partial charge in [-0.3, -0.25) is 0 Å². The third kappa shape index (κ3) is 2.65. The fraction of sp³-hybridized carbons (Fsp3) is 0.182. The van der Waals surface area contributed by atoms with Crippen LogP contribution in [0.5, 0.6) is 0 Å². The van der Waals surface area contributed by atoms with E-state index in [-0.39, 0.29) is 5.16 Å². The van der Waals surface area contributed by atoms with E-state index >= 15 is 0 Å². The molecule has 1 heterocycles. The van der Waals surface area contributed by atoms with Crippen molar-refractivity contribution in [2.45, 2.75) is 12.1 Å². The van der Waals surface area contributed by atoms with E-state index in [1.165, 1.54) is 6.20 Å². The zero-order valence-corrected chi connectivity index (χ0v) is 10.3. The fourth-order valence-electron chi connectivity index (χ4n) is 1.31. The Morgan fingerprint density at radius 3 is 2.35 bits per heavy atom. The first-order chi connectivity index (χ1) is 7.97. The van der Waals surface area contributed by atoms with Crippen LogP contribution >= 0.6 is 0 Å². The van der Waals surface area contributed by atoms with Crippen LogP contribution in [0.15, 0.2) is 35.6 Å². The van der Waals surface area contributed by atoms with Gasteiger partial charge in [-0.05, 0) is 6.92 Å². The molecule has 0 spiro atoms. The van der Waals surface area contributed by atoms with E-state index in [0.717, 1.165) is 17.4 Å². The number of benzene rings is 1. The number of aryl methyl sites for hydroxylation is 1. The van der Waals surface area contributed by atoms with Crippen molar-refractivity contribution >= 4 is 9.84 Å². The molecule has 0 N–H and O–H groups in total. The van der Waals surface area contributed by atoms with Crippen LogP contribution in [-0.4, -0.2) is 29.9 Å². The van der Waals surface area contributed by atoms with Gasteiger partial charge in [-0.2, -0.15) is 5.10 Å². The Bertz CT molecular complexity index is 636. The summed E-state index contributed by atoms with van der Waals surface area (Å²) < 4.78 is 22.6. The van der Waals surface area contributed by atoms with Crippen LogP contribution in [0.2, 0.25) is 0 Å². The molecule has 0 aliphatic carbocycles. The first-order valence-corrected chi connectivity index (χ1v) is 6.83. The highest BCUT2D eigenvalue weighted by Crippen LogP contribution is 2.17. The highest BCUT2D eigenvalue weighted by atomic mass is 32.2. The van der Waals surface area contributed by atoms with E-state index in [9.17, 15) is 8.42 Å². The summed E-state index contributed by atoms with van der Waals surface area (Å²) in [4.78, 5) is 3.98. The maximum absolute atomic E-state index is 11.3. The molecule has 5 nitrogen and oxygen atoms in total. The van der Waals surface area contributed by atoms with E-state index in [1.807, 2.05) is 31.2 Å². The van der Waals surface area contributed by atoms with E-state index in [0.29, 0.717) is 5.69 Å². The van der Waals surface area contributed by atoms with Gasteiger partial charge < -0.3 is 0 Å². The first-order valence-electron chi connectivity index (χ1n) is 4.93. The van der Waals surface area contributed by atoms with Crippen LogP contribution in [0.3, 0.4) is 0 Å². The third-order valence-electron chi connectivity index (χ3n) is 2.22. The lowest BCUT2D eigenvalue weighted by molar-refractivity contribution is 0.589. The number of nitrogens with zero attached hydrogens (tertiary/aromatic N) is 3. The molecule has 2 rings (SSSR count). The quantitative estimate of drug-likeness (QED) is 0.801. The number of hydrogen-bond donors (Lipinski definition) is 0. The lowest BCUT2D eigenvalue weighted by atomic mass is 10.1. The number of aromatic nitrogens is 3. The molecule has 2 aromatic rings. The molecule has 88 valence electrons. The molecule has 0 atom stereocenters. The zero-order valence-electron chi connectivity index (χ0n) is 9.45. The minimum absolute atomic E-state index is 0.254. The topological polar surface area (TPSA) is 72.8 Å². The summed E-state index contributed by atoms with van der Waals surface area (Å²) >= 11 is 0. The molecular weight excluding hydrogens is 238 g/mol. The highest BCUT2D eigenvalue weighted by molar-refractivity contribution is 7.90. The predicted octanol–water partition coefficient (Wildman–Crippen LogP) is 1.25. The van der Waals surface area contributed by atoms with Gasteiger partial charge in [0.15, 0.2) is 0 Å². The fourth-order valence-corrected chi connectivity index (χ4v) is 1.77. The van der Waals surface area contributed by atoms with Crippen molar-refractivity contribution in [3.63, 3.8) is 0 Å². The lowest BCUT2D eigenvalue weighted by Crippen LogP contribution is -2.06. The van der Waals surface area contributed by atoms with E-state index < -0.39 is 9.84 Å². The van der Waals surface area contributed by atoms with Crippen molar-refractivity contribution in [2.24, 2.45) is 0 Å². The van der Waals surface area contributed by atoms with Crippen LogP contribution in [0.4, 0.5) is 0 Å². The maximum Gasteiger partial charge on any atom is 0.267 e. The monoisotopic (exact) mass is 249 g/mol. The zero-order chi connectivity index (χ0) is 12.5. The molecule has 0 aliphatic heterocycles. The van der Waals surface area contributed by atoms with Gasteiger partial charge in [0, 0.05) is 11.8 Å². The Morgan fingerprint density at radius 2 is 1.76 bits per heavy atom. The number of rotatable bonds is 2. The molecule has 1 aromatic carbocycles. The van der Waals surface area contributed by atoms with Crippen LogP contribution in [0.1, 0.15) is 5.56 Å². The van der Waals surface area contributed by atoms with Crippen LogP contribution < -0.4 is 0 Å². The summed E-state index contributed by atoms with van der Waals surface area (Å²) in [7, 11) is -3.43. The van der Waals surface area contributed by atoms with Crippen LogP contribution in [0.25, 0.3) is 11.3 Å². The Kier molecular flexibility index (Phi) is 2.89. The molecule has 0 saturated heterocycles. The Morgan fingerprint density at radius 1 is 1.12 bits per heavy atom. The van der Waals surface area contributed by atoms with E-state index in [1.54, 1.807) is 0 Å². The second-order valence-electron chi connectivity index (χ2n) is 3.76. The van der Waals surface area contributed by atoms with Crippen molar-refractivity contribution in [1.82, 2.24) is 15.2 Å². The summed E-state index contributed by atoms with van der Waals surface area (Å²) in [6.07, 6.45) is 2.50. The summed E-state index contributed by atoms with van der Waals surface area (Å²) in [6, 6.07) is 7.59. The number of hydrogen-bond acceptors (Lipinski definition) is 5. The third-order valence-corrected chi connectivity index (χ3v) is 3.05. The largest absolute Gasteiger partial charge is 0.267 e. The first kappa shape index (κ1) is 11.7. The van der Waals surface area contributed by atoms with Gasteiger partial charge >= 0.3 is 0 Å². The molecule has 17 heavy (non-hydrogen) atoms. The van der Waals surface area contributed by atoms with Crippen LogP contribution in [-0.2, 0) is 9.84 Å². The summed E-state index contributed by atoms with van der Waals surface area (Å²) in [6.45, 7) is 1.98. The average Bonchev–Trinajstić information content (AvgIpc) is 2.29. The molecular formula is C11H11N3O2S. The Labute approximate surface area is 99.5 Å². The van der Waals surface area contributed by atoms with Crippen molar-refractivity contribution in [2.75, 3.05) is 6.26 Å². The summed E-state index contributed by atoms with van der Waals surface area (Å²) in [5, 5.41) is 6.91. The minimum atomic E-state index is -3.43. The van der Waals surface area contributed by atoms with Crippen LogP contribution in [0, 0.1) is 6.92 Å². The minimum Gasteiger partial charge on any atom is -0.221 e. The van der Waals surface area contributed by atoms with Gasteiger partial charge in [0.25, 0.3) is 5.16 Å². The Hall–Kier alpha value is -1.82. The number of sulfone groups is 1. The lowest BCUT2D eigenvalue weighted by Gasteiger charge is -2.02. The predicted molar refractivity (Wildman–Crippen MR) is 63.1 cm³/mol. The normalized spacial score (nSPS) is 11.4. The van der Waals surface area contributed by atoms with Crippen molar-refractivity contribution in [3.8, 4) is 11.3 Å². The molecule has 0 saturated carbocycles. The molecule has 0 aliphatic rings. The van der Waals surface area contributed by atoms with Gasteiger partial charge in [-0.1, -0.05) is 29.8 Å². The van der Waals surface area contributed by atoms with Crippen molar-refractivity contribution in [3.05, 3.63) is 36.0 Å².